The van der Waals surface area contributed by atoms with Crippen LogP contribution < -0.4 is 5.32 Å². The molecule has 4 nitrogen and oxygen atoms in total. The number of aryl methyl sites for hydroxylation is 1. The van der Waals surface area contributed by atoms with Gasteiger partial charge in [0, 0.05) is 31.0 Å². The molecule has 7 heteroatoms. The standard InChI is InChI=1S/C13H12F3N3O/c14-10-6-9(7-11(15)12(10)16)13(20)18-2-1-4-19-5-3-17-8-19/h3,5-8H,1-2,4H2,(H,18,20). The van der Waals surface area contributed by atoms with Gasteiger partial charge in [-0.1, -0.05) is 0 Å². The van der Waals surface area contributed by atoms with E-state index in [1.807, 2.05) is 4.57 Å². The van der Waals surface area contributed by atoms with Crippen LogP contribution in [0.1, 0.15) is 16.8 Å². The van der Waals surface area contributed by atoms with Crippen molar-refractivity contribution < 1.29 is 18.0 Å². The minimum absolute atomic E-state index is 0.246. The monoisotopic (exact) mass is 283 g/mol. The normalized spacial score (nSPS) is 10.6. The van der Waals surface area contributed by atoms with Gasteiger partial charge < -0.3 is 9.88 Å². The number of imidazole rings is 1. The number of nitrogens with zero attached hydrogens (tertiary/aromatic N) is 2. The van der Waals surface area contributed by atoms with Gasteiger partial charge in [-0.05, 0) is 18.6 Å². The number of rotatable bonds is 5. The van der Waals surface area contributed by atoms with Crippen molar-refractivity contribution in [2.45, 2.75) is 13.0 Å². The van der Waals surface area contributed by atoms with Crippen molar-refractivity contribution in [2.75, 3.05) is 6.54 Å². The van der Waals surface area contributed by atoms with Crippen LogP contribution in [-0.4, -0.2) is 22.0 Å². The molecule has 0 radical (unpaired) electrons. The topological polar surface area (TPSA) is 46.9 Å². The van der Waals surface area contributed by atoms with Gasteiger partial charge in [0.05, 0.1) is 6.33 Å². The molecule has 0 aliphatic carbocycles. The van der Waals surface area contributed by atoms with Gasteiger partial charge in [-0.3, -0.25) is 4.79 Å². The maximum Gasteiger partial charge on any atom is 0.251 e. The first-order chi connectivity index (χ1) is 9.58. The molecule has 0 spiro atoms. The lowest BCUT2D eigenvalue weighted by Gasteiger charge is -2.06. The summed E-state index contributed by atoms with van der Waals surface area (Å²) in [7, 11) is 0. The van der Waals surface area contributed by atoms with Crippen LogP contribution in [0.5, 0.6) is 0 Å². The van der Waals surface area contributed by atoms with Crippen LogP contribution in [0.4, 0.5) is 13.2 Å². The minimum Gasteiger partial charge on any atom is -0.352 e. The van der Waals surface area contributed by atoms with Crippen molar-refractivity contribution in [3.05, 3.63) is 53.9 Å². The number of carbonyl (C=O) groups excluding carboxylic acids is 1. The summed E-state index contributed by atoms with van der Waals surface area (Å²) in [4.78, 5) is 15.5. The molecular weight excluding hydrogens is 271 g/mol. The first-order valence-corrected chi connectivity index (χ1v) is 5.96. The molecule has 2 rings (SSSR count). The summed E-state index contributed by atoms with van der Waals surface area (Å²) in [6.45, 7) is 0.990. The SMILES string of the molecule is O=C(NCCCn1ccnc1)c1cc(F)c(F)c(F)c1. The van der Waals surface area contributed by atoms with Crippen LogP contribution in [0.15, 0.2) is 30.9 Å². The van der Waals surface area contributed by atoms with Crippen LogP contribution in [0.2, 0.25) is 0 Å². The molecule has 1 aromatic carbocycles. The quantitative estimate of drug-likeness (QED) is 0.675. The average Bonchev–Trinajstić information content (AvgIpc) is 2.93. The Morgan fingerprint density at radius 2 is 1.95 bits per heavy atom. The number of hydrogen-bond donors (Lipinski definition) is 1. The molecule has 0 bridgehead atoms. The second-order valence-electron chi connectivity index (χ2n) is 4.16. The van der Waals surface area contributed by atoms with Crippen molar-refractivity contribution in [3.63, 3.8) is 0 Å². The summed E-state index contributed by atoms with van der Waals surface area (Å²) < 4.78 is 40.5. The number of benzene rings is 1. The Morgan fingerprint density at radius 1 is 1.25 bits per heavy atom. The summed E-state index contributed by atoms with van der Waals surface area (Å²) >= 11 is 0. The highest BCUT2D eigenvalue weighted by Crippen LogP contribution is 2.13. The van der Waals surface area contributed by atoms with Gasteiger partial charge >= 0.3 is 0 Å². The second-order valence-corrected chi connectivity index (χ2v) is 4.16. The summed E-state index contributed by atoms with van der Waals surface area (Å²) in [5.41, 5.74) is -0.246. The third-order valence-electron chi connectivity index (χ3n) is 2.68. The van der Waals surface area contributed by atoms with Gasteiger partial charge in [-0.25, -0.2) is 18.2 Å². The van der Waals surface area contributed by atoms with E-state index in [9.17, 15) is 18.0 Å². The third kappa shape index (κ3) is 3.37. The highest BCUT2D eigenvalue weighted by Gasteiger charge is 2.14. The van der Waals surface area contributed by atoms with E-state index in [0.717, 1.165) is 0 Å². The molecule has 1 N–H and O–H groups in total. The Morgan fingerprint density at radius 3 is 2.55 bits per heavy atom. The van der Waals surface area contributed by atoms with Crippen molar-refractivity contribution in [1.82, 2.24) is 14.9 Å². The van der Waals surface area contributed by atoms with Gasteiger partial charge in [0.15, 0.2) is 17.5 Å². The maximum atomic E-state index is 13.0. The Hall–Kier alpha value is -2.31. The molecule has 106 valence electrons. The molecular formula is C13H12F3N3O. The molecule has 0 aliphatic rings. The number of carbonyl (C=O) groups is 1. The fourth-order valence-corrected chi connectivity index (χ4v) is 1.67. The predicted octanol–water partition coefficient (Wildman–Crippen LogP) is 2.12. The molecule has 20 heavy (non-hydrogen) atoms. The zero-order chi connectivity index (χ0) is 14.5. The smallest absolute Gasteiger partial charge is 0.251 e. The number of aromatic nitrogens is 2. The fourth-order valence-electron chi connectivity index (χ4n) is 1.67. The van der Waals surface area contributed by atoms with E-state index in [0.29, 0.717) is 31.6 Å². The molecule has 0 fully saturated rings. The Balaban J connectivity index is 1.86. The Labute approximate surface area is 113 Å². The summed E-state index contributed by atoms with van der Waals surface area (Å²) in [6.07, 6.45) is 5.70. The van der Waals surface area contributed by atoms with E-state index in [4.69, 9.17) is 0 Å². The maximum absolute atomic E-state index is 13.0. The van der Waals surface area contributed by atoms with Gasteiger partial charge in [0.25, 0.3) is 5.91 Å². The lowest BCUT2D eigenvalue weighted by atomic mass is 10.2. The van der Waals surface area contributed by atoms with Crippen LogP contribution in [0.25, 0.3) is 0 Å². The number of hydrogen-bond acceptors (Lipinski definition) is 2. The zero-order valence-electron chi connectivity index (χ0n) is 10.4. The molecule has 0 atom stereocenters. The van der Waals surface area contributed by atoms with E-state index in [2.05, 4.69) is 10.3 Å². The van der Waals surface area contributed by atoms with Gasteiger partial charge in [0.1, 0.15) is 0 Å². The lowest BCUT2D eigenvalue weighted by molar-refractivity contribution is 0.0951. The minimum atomic E-state index is -1.58. The van der Waals surface area contributed by atoms with E-state index in [1.54, 1.807) is 18.7 Å². The lowest BCUT2D eigenvalue weighted by Crippen LogP contribution is -2.25. The van der Waals surface area contributed by atoms with Crippen LogP contribution in [0.3, 0.4) is 0 Å². The highest BCUT2D eigenvalue weighted by atomic mass is 19.2. The molecule has 0 saturated carbocycles. The Kier molecular flexibility index (Phi) is 4.39. The largest absolute Gasteiger partial charge is 0.352 e. The van der Waals surface area contributed by atoms with Gasteiger partial charge in [-0.2, -0.15) is 0 Å². The molecule has 1 heterocycles. The first-order valence-electron chi connectivity index (χ1n) is 5.96. The third-order valence-corrected chi connectivity index (χ3v) is 2.68. The molecule has 1 aromatic heterocycles. The second kappa shape index (κ2) is 6.23. The van der Waals surface area contributed by atoms with Gasteiger partial charge in [0.2, 0.25) is 0 Å². The predicted molar refractivity (Wildman–Crippen MR) is 65.5 cm³/mol. The van der Waals surface area contributed by atoms with Crippen LogP contribution >= 0.6 is 0 Å². The summed E-state index contributed by atoms with van der Waals surface area (Å²) in [5, 5.41) is 2.51. The van der Waals surface area contributed by atoms with E-state index >= 15 is 0 Å². The van der Waals surface area contributed by atoms with E-state index < -0.39 is 23.4 Å². The van der Waals surface area contributed by atoms with Crippen molar-refractivity contribution in [3.8, 4) is 0 Å². The summed E-state index contributed by atoms with van der Waals surface area (Å²) in [6, 6.07) is 1.34. The molecule has 0 unspecified atom stereocenters. The molecule has 1 amide bonds. The number of amides is 1. The average molecular weight is 283 g/mol. The van der Waals surface area contributed by atoms with Crippen LogP contribution in [-0.2, 0) is 6.54 Å². The molecule has 0 aliphatic heterocycles. The van der Waals surface area contributed by atoms with Gasteiger partial charge in [-0.15, -0.1) is 0 Å². The number of halogens is 3. The van der Waals surface area contributed by atoms with Crippen LogP contribution in [0, 0.1) is 17.5 Å². The Bertz CT molecular complexity index is 576. The fraction of sp³-hybridized carbons (Fsp3) is 0.231. The number of nitrogens with one attached hydrogen (secondary N) is 1. The summed E-state index contributed by atoms with van der Waals surface area (Å²) in [5.74, 6) is -4.99. The molecule has 2 aromatic rings. The van der Waals surface area contributed by atoms with Crippen molar-refractivity contribution in [1.29, 1.82) is 0 Å². The molecule has 0 saturated heterocycles. The highest BCUT2D eigenvalue weighted by molar-refractivity contribution is 5.94. The first kappa shape index (κ1) is 14.1. The van der Waals surface area contributed by atoms with Crippen molar-refractivity contribution >= 4 is 5.91 Å². The zero-order valence-corrected chi connectivity index (χ0v) is 10.4. The van der Waals surface area contributed by atoms with E-state index in [1.165, 1.54) is 0 Å². The van der Waals surface area contributed by atoms with Crippen molar-refractivity contribution in [2.24, 2.45) is 0 Å². The van der Waals surface area contributed by atoms with E-state index in [-0.39, 0.29) is 5.56 Å².